The second kappa shape index (κ2) is 5.47. The minimum atomic E-state index is -3.03. The summed E-state index contributed by atoms with van der Waals surface area (Å²) in [5.41, 5.74) is 0.0271. The van der Waals surface area contributed by atoms with Crippen molar-refractivity contribution < 1.29 is 18.6 Å². The zero-order valence-electron chi connectivity index (χ0n) is 10.9. The molecule has 1 aliphatic heterocycles. The van der Waals surface area contributed by atoms with E-state index in [9.17, 15) is 18.6 Å². The number of thiazole rings is 1. The molecule has 0 spiro atoms. The summed E-state index contributed by atoms with van der Waals surface area (Å²) in [6.45, 7) is 1.45. The number of rotatable bonds is 5. The van der Waals surface area contributed by atoms with Crippen LogP contribution in [0.2, 0.25) is 0 Å². The smallest absolute Gasteiger partial charge is 0.150 e. The first-order valence-electron chi connectivity index (χ1n) is 6.24. The minimum absolute atomic E-state index is 0.0528. The molecule has 1 fully saturated rings. The van der Waals surface area contributed by atoms with Gasteiger partial charge < -0.3 is 10.2 Å². The van der Waals surface area contributed by atoms with Crippen molar-refractivity contribution in [3.05, 3.63) is 16.1 Å². The van der Waals surface area contributed by atoms with E-state index in [1.54, 1.807) is 0 Å². The van der Waals surface area contributed by atoms with Crippen molar-refractivity contribution in [2.75, 3.05) is 24.7 Å². The molecule has 7 heteroatoms. The quantitative estimate of drug-likeness (QED) is 0.822. The molecule has 1 saturated heterocycles. The average Bonchev–Trinajstić information content (AvgIpc) is 2.92. The number of hydrogen-bond donors (Lipinski definition) is 2. The third kappa shape index (κ3) is 3.16. The Balaban J connectivity index is 2.22. The van der Waals surface area contributed by atoms with Gasteiger partial charge in [-0.05, 0) is 19.3 Å². The maximum atomic E-state index is 11.6. The van der Waals surface area contributed by atoms with E-state index in [0.717, 1.165) is 10.7 Å². The molecule has 1 unspecified atom stereocenters. The molecule has 108 valence electrons. The summed E-state index contributed by atoms with van der Waals surface area (Å²) in [4.78, 5) is 4.35. The van der Waals surface area contributed by atoms with Crippen LogP contribution in [0.1, 0.15) is 17.1 Å². The lowest BCUT2D eigenvalue weighted by Gasteiger charge is -2.34. The molecule has 1 atom stereocenters. The lowest BCUT2D eigenvalue weighted by Crippen LogP contribution is -2.41. The Bertz CT molecular complexity index is 534. The zero-order valence-corrected chi connectivity index (χ0v) is 12.5. The first-order valence-corrected chi connectivity index (χ1v) is 8.94. The van der Waals surface area contributed by atoms with Crippen LogP contribution in [-0.4, -0.2) is 48.3 Å². The maximum Gasteiger partial charge on any atom is 0.150 e. The highest BCUT2D eigenvalue weighted by molar-refractivity contribution is 7.91. The highest BCUT2D eigenvalue weighted by atomic mass is 32.2. The number of hydrogen-bond acceptors (Lipinski definition) is 6. The molecular formula is C12H19NO4S2. The Labute approximate surface area is 117 Å². The SMILES string of the molecule is Cc1nc(CC(CO)(CO)C2CCS(=O)(=O)C2)cs1. The molecule has 1 aliphatic rings. The van der Waals surface area contributed by atoms with Crippen molar-refractivity contribution in [3.63, 3.8) is 0 Å². The summed E-state index contributed by atoms with van der Waals surface area (Å²) >= 11 is 1.52. The largest absolute Gasteiger partial charge is 0.396 e. The summed E-state index contributed by atoms with van der Waals surface area (Å²) in [5.74, 6) is 0.00161. The monoisotopic (exact) mass is 305 g/mol. The van der Waals surface area contributed by atoms with Crippen LogP contribution in [0.3, 0.4) is 0 Å². The van der Waals surface area contributed by atoms with E-state index in [-0.39, 0.29) is 30.6 Å². The highest BCUT2D eigenvalue weighted by Crippen LogP contribution is 2.38. The lowest BCUT2D eigenvalue weighted by atomic mass is 9.73. The van der Waals surface area contributed by atoms with Crippen LogP contribution in [0.25, 0.3) is 0 Å². The number of aliphatic hydroxyl groups is 2. The maximum absolute atomic E-state index is 11.6. The van der Waals surface area contributed by atoms with Gasteiger partial charge >= 0.3 is 0 Å². The molecule has 2 rings (SSSR count). The van der Waals surface area contributed by atoms with Gasteiger partial charge in [0, 0.05) is 17.2 Å². The fraction of sp³-hybridized carbons (Fsp3) is 0.750. The van der Waals surface area contributed by atoms with Gasteiger partial charge in [-0.25, -0.2) is 13.4 Å². The third-order valence-electron chi connectivity index (χ3n) is 3.93. The minimum Gasteiger partial charge on any atom is -0.396 e. The van der Waals surface area contributed by atoms with E-state index in [0.29, 0.717) is 12.8 Å². The predicted molar refractivity (Wildman–Crippen MR) is 73.9 cm³/mol. The van der Waals surface area contributed by atoms with E-state index in [1.165, 1.54) is 11.3 Å². The van der Waals surface area contributed by atoms with Crippen LogP contribution in [0.15, 0.2) is 5.38 Å². The van der Waals surface area contributed by atoms with Crippen LogP contribution < -0.4 is 0 Å². The molecule has 1 aromatic rings. The first-order chi connectivity index (χ1) is 8.91. The standard InChI is InChI=1S/C12H19NO4S2/c1-9-13-11(5-18-9)4-12(7-14,8-15)10-2-3-19(16,17)6-10/h5,10,14-15H,2-4,6-8H2,1H3. The van der Waals surface area contributed by atoms with Crippen molar-refractivity contribution >= 4 is 21.2 Å². The van der Waals surface area contributed by atoms with Gasteiger partial charge in [0.1, 0.15) is 0 Å². The molecule has 0 aliphatic carbocycles. The molecule has 1 aromatic heterocycles. The first kappa shape index (κ1) is 14.9. The molecule has 19 heavy (non-hydrogen) atoms. The molecule has 5 nitrogen and oxygen atoms in total. The van der Waals surface area contributed by atoms with E-state index < -0.39 is 15.3 Å². The van der Waals surface area contributed by atoms with Gasteiger partial charge in [0.2, 0.25) is 0 Å². The summed E-state index contributed by atoms with van der Waals surface area (Å²) in [6, 6.07) is 0. The summed E-state index contributed by atoms with van der Waals surface area (Å²) < 4.78 is 23.2. The Morgan fingerprint density at radius 3 is 2.58 bits per heavy atom. The van der Waals surface area contributed by atoms with Gasteiger partial charge in [-0.15, -0.1) is 11.3 Å². The lowest BCUT2D eigenvalue weighted by molar-refractivity contribution is 0.0118. The number of aliphatic hydroxyl groups excluding tert-OH is 2. The van der Waals surface area contributed by atoms with E-state index in [2.05, 4.69) is 4.98 Å². The van der Waals surface area contributed by atoms with Crippen molar-refractivity contribution in [2.45, 2.75) is 19.8 Å². The van der Waals surface area contributed by atoms with Crippen LogP contribution in [0.5, 0.6) is 0 Å². The van der Waals surface area contributed by atoms with Gasteiger partial charge in [-0.1, -0.05) is 0 Å². The van der Waals surface area contributed by atoms with Gasteiger partial charge in [-0.3, -0.25) is 0 Å². The summed E-state index contributed by atoms with van der Waals surface area (Å²) in [6.07, 6.45) is 0.928. The molecule has 2 heterocycles. The Kier molecular flexibility index (Phi) is 4.29. The van der Waals surface area contributed by atoms with E-state index >= 15 is 0 Å². The number of aryl methyl sites for hydroxylation is 1. The van der Waals surface area contributed by atoms with E-state index in [1.807, 2.05) is 12.3 Å². The van der Waals surface area contributed by atoms with Gasteiger partial charge in [-0.2, -0.15) is 0 Å². The van der Waals surface area contributed by atoms with Gasteiger partial charge in [0.25, 0.3) is 0 Å². The fourth-order valence-corrected chi connectivity index (χ4v) is 5.25. The number of sulfone groups is 1. The molecule has 0 amide bonds. The molecule has 0 radical (unpaired) electrons. The van der Waals surface area contributed by atoms with Crippen LogP contribution in [-0.2, 0) is 16.3 Å². The van der Waals surface area contributed by atoms with Crippen LogP contribution >= 0.6 is 11.3 Å². The fourth-order valence-electron chi connectivity index (χ4n) is 2.69. The molecule has 0 saturated carbocycles. The number of aromatic nitrogens is 1. The van der Waals surface area contributed by atoms with Gasteiger partial charge in [0.05, 0.1) is 35.4 Å². The Hall–Kier alpha value is -0.500. The summed E-state index contributed by atoms with van der Waals surface area (Å²) in [7, 11) is -3.03. The second-order valence-corrected chi connectivity index (χ2v) is 8.60. The zero-order chi connectivity index (χ0) is 14.1. The van der Waals surface area contributed by atoms with Crippen molar-refractivity contribution in [1.29, 1.82) is 0 Å². The van der Waals surface area contributed by atoms with Crippen molar-refractivity contribution in [3.8, 4) is 0 Å². The third-order valence-corrected chi connectivity index (χ3v) is 6.52. The Morgan fingerprint density at radius 1 is 1.47 bits per heavy atom. The van der Waals surface area contributed by atoms with Crippen LogP contribution in [0.4, 0.5) is 0 Å². The summed E-state index contributed by atoms with van der Waals surface area (Å²) in [5, 5.41) is 22.2. The van der Waals surface area contributed by atoms with Crippen LogP contribution in [0, 0.1) is 18.3 Å². The topological polar surface area (TPSA) is 87.5 Å². The second-order valence-electron chi connectivity index (χ2n) is 5.31. The number of nitrogens with zero attached hydrogens (tertiary/aromatic N) is 1. The molecular weight excluding hydrogens is 286 g/mol. The highest BCUT2D eigenvalue weighted by Gasteiger charge is 2.44. The predicted octanol–water partition coefficient (Wildman–Crippen LogP) is 0.400. The van der Waals surface area contributed by atoms with E-state index in [4.69, 9.17) is 0 Å². The van der Waals surface area contributed by atoms with Crippen molar-refractivity contribution in [2.24, 2.45) is 11.3 Å². The van der Waals surface area contributed by atoms with Crippen molar-refractivity contribution in [1.82, 2.24) is 4.98 Å². The molecule has 0 aromatic carbocycles. The average molecular weight is 305 g/mol. The normalized spacial score (nSPS) is 22.8. The molecule has 2 N–H and O–H groups in total. The molecule has 0 bridgehead atoms. The van der Waals surface area contributed by atoms with Gasteiger partial charge in [0.15, 0.2) is 9.84 Å². The Morgan fingerprint density at radius 2 is 2.16 bits per heavy atom.